The standard InChI is InChI=1S/C23H20O3.Na/c24-23(25)22-8-4-2-6-18(22)15-26-19-12-9-17(10-13-19)21-14-11-16-5-1-3-7-20(16)21;/h1-10,12-13,21H,11,14-15H2,(H,24,25);/q;+1/p-1. The molecule has 0 amide bonds. The van der Waals surface area contributed by atoms with Gasteiger partial charge < -0.3 is 14.6 Å². The topological polar surface area (TPSA) is 49.4 Å². The van der Waals surface area contributed by atoms with Crippen LogP contribution in [0.3, 0.4) is 0 Å². The monoisotopic (exact) mass is 366 g/mol. The van der Waals surface area contributed by atoms with E-state index in [1.165, 1.54) is 22.8 Å². The van der Waals surface area contributed by atoms with Crippen molar-refractivity contribution in [2.24, 2.45) is 0 Å². The minimum atomic E-state index is -1.18. The molecule has 0 N–H and O–H groups in total. The van der Waals surface area contributed by atoms with Crippen molar-refractivity contribution in [3.63, 3.8) is 0 Å². The molecule has 0 spiro atoms. The quantitative estimate of drug-likeness (QED) is 0.625. The van der Waals surface area contributed by atoms with Crippen LogP contribution < -0.4 is 39.4 Å². The molecule has 1 unspecified atom stereocenters. The number of ether oxygens (including phenoxy) is 1. The van der Waals surface area contributed by atoms with E-state index in [1.54, 1.807) is 18.2 Å². The second-order valence-electron chi connectivity index (χ2n) is 6.59. The summed E-state index contributed by atoms with van der Waals surface area (Å²) in [4.78, 5) is 11.2. The van der Waals surface area contributed by atoms with Gasteiger partial charge in [0, 0.05) is 11.5 Å². The van der Waals surface area contributed by atoms with Gasteiger partial charge in [0.2, 0.25) is 0 Å². The number of benzene rings is 3. The summed E-state index contributed by atoms with van der Waals surface area (Å²) in [7, 11) is 0. The number of carbonyl (C=O) groups is 1. The number of rotatable bonds is 5. The summed E-state index contributed by atoms with van der Waals surface area (Å²) in [5.74, 6) is -0.00769. The van der Waals surface area contributed by atoms with Crippen molar-refractivity contribution in [3.8, 4) is 5.75 Å². The Balaban J connectivity index is 0.00000210. The number of hydrogen-bond acceptors (Lipinski definition) is 3. The van der Waals surface area contributed by atoms with Crippen molar-refractivity contribution in [2.45, 2.75) is 25.4 Å². The van der Waals surface area contributed by atoms with Crippen molar-refractivity contribution >= 4 is 5.97 Å². The van der Waals surface area contributed by atoms with Crippen LogP contribution in [0.15, 0.2) is 72.8 Å². The molecule has 0 radical (unpaired) electrons. The average molecular weight is 366 g/mol. The fraction of sp³-hybridized carbons (Fsp3) is 0.174. The summed E-state index contributed by atoms with van der Waals surface area (Å²) < 4.78 is 5.78. The van der Waals surface area contributed by atoms with Crippen molar-refractivity contribution < 1.29 is 44.2 Å². The Labute approximate surface area is 181 Å². The van der Waals surface area contributed by atoms with E-state index in [9.17, 15) is 9.90 Å². The molecular weight excluding hydrogens is 347 g/mol. The van der Waals surface area contributed by atoms with E-state index in [0.717, 1.165) is 18.6 Å². The van der Waals surface area contributed by atoms with E-state index in [2.05, 4.69) is 36.4 Å². The van der Waals surface area contributed by atoms with Gasteiger partial charge in [0.25, 0.3) is 0 Å². The van der Waals surface area contributed by atoms with E-state index in [4.69, 9.17) is 4.74 Å². The van der Waals surface area contributed by atoms with Crippen molar-refractivity contribution in [1.29, 1.82) is 0 Å². The SMILES string of the molecule is O=C([O-])c1ccccc1COc1ccc(C2CCc3ccccc32)cc1.[Na+]. The zero-order valence-corrected chi connectivity index (χ0v) is 17.4. The maximum atomic E-state index is 11.2. The predicted molar refractivity (Wildman–Crippen MR) is 98.2 cm³/mol. The fourth-order valence-electron chi connectivity index (χ4n) is 3.71. The summed E-state index contributed by atoms with van der Waals surface area (Å²) in [6, 6.07) is 23.5. The van der Waals surface area contributed by atoms with Crippen molar-refractivity contribution in [1.82, 2.24) is 0 Å². The third kappa shape index (κ3) is 4.27. The maximum absolute atomic E-state index is 11.2. The van der Waals surface area contributed by atoms with Crippen LogP contribution in [0.2, 0.25) is 0 Å². The van der Waals surface area contributed by atoms with Gasteiger partial charge in [0.1, 0.15) is 12.4 Å². The molecule has 1 aliphatic carbocycles. The number of aromatic carboxylic acids is 1. The van der Waals surface area contributed by atoms with Crippen molar-refractivity contribution in [3.05, 3.63) is 101 Å². The molecule has 4 rings (SSSR count). The molecule has 27 heavy (non-hydrogen) atoms. The third-order valence-electron chi connectivity index (χ3n) is 5.05. The molecule has 3 nitrogen and oxygen atoms in total. The zero-order chi connectivity index (χ0) is 17.9. The average Bonchev–Trinajstić information content (AvgIpc) is 3.11. The maximum Gasteiger partial charge on any atom is 1.00 e. The Morgan fingerprint density at radius 3 is 2.44 bits per heavy atom. The Morgan fingerprint density at radius 2 is 1.67 bits per heavy atom. The first-order valence-electron chi connectivity index (χ1n) is 8.82. The second-order valence-corrected chi connectivity index (χ2v) is 6.59. The van der Waals surface area contributed by atoms with Crippen LogP contribution in [0.5, 0.6) is 5.75 Å². The summed E-state index contributed by atoms with van der Waals surface area (Å²) >= 11 is 0. The van der Waals surface area contributed by atoms with Gasteiger partial charge in [-0.2, -0.15) is 0 Å². The molecule has 0 aliphatic heterocycles. The van der Waals surface area contributed by atoms with E-state index in [1.807, 2.05) is 12.1 Å². The van der Waals surface area contributed by atoms with E-state index >= 15 is 0 Å². The van der Waals surface area contributed by atoms with Crippen LogP contribution in [0.4, 0.5) is 0 Å². The van der Waals surface area contributed by atoms with Gasteiger partial charge >= 0.3 is 29.6 Å². The molecule has 3 aromatic carbocycles. The van der Waals surface area contributed by atoms with Crippen LogP contribution in [-0.4, -0.2) is 5.97 Å². The fourth-order valence-corrected chi connectivity index (χ4v) is 3.71. The Morgan fingerprint density at radius 1 is 0.963 bits per heavy atom. The number of hydrogen-bond donors (Lipinski definition) is 0. The van der Waals surface area contributed by atoms with E-state index in [0.29, 0.717) is 11.5 Å². The largest absolute Gasteiger partial charge is 1.00 e. The number of fused-ring (bicyclic) bond motifs is 1. The molecule has 1 aliphatic rings. The van der Waals surface area contributed by atoms with Crippen LogP contribution in [0.1, 0.15) is 45.0 Å². The van der Waals surface area contributed by atoms with Crippen LogP contribution >= 0.6 is 0 Å². The normalized spacial score (nSPS) is 14.9. The second kappa shape index (κ2) is 8.75. The van der Waals surface area contributed by atoms with Gasteiger partial charge in [-0.25, -0.2) is 0 Å². The molecule has 130 valence electrons. The summed E-state index contributed by atoms with van der Waals surface area (Å²) in [5.41, 5.74) is 4.94. The molecule has 0 bridgehead atoms. The predicted octanol–water partition coefficient (Wildman–Crippen LogP) is 0.711. The van der Waals surface area contributed by atoms with Gasteiger partial charge in [0.15, 0.2) is 0 Å². The van der Waals surface area contributed by atoms with Crippen molar-refractivity contribution in [2.75, 3.05) is 0 Å². The molecule has 4 heteroatoms. The number of carbonyl (C=O) groups excluding carboxylic acids is 1. The molecule has 0 heterocycles. The van der Waals surface area contributed by atoms with Gasteiger partial charge in [-0.05, 0) is 47.2 Å². The van der Waals surface area contributed by atoms with Crippen LogP contribution in [-0.2, 0) is 13.0 Å². The number of aryl methyl sites for hydroxylation is 1. The Kier molecular flexibility index (Phi) is 6.38. The van der Waals surface area contributed by atoms with E-state index < -0.39 is 5.97 Å². The number of carboxylic acid groups (broad SMARTS) is 1. The minimum absolute atomic E-state index is 0. The van der Waals surface area contributed by atoms with Crippen LogP contribution in [0, 0.1) is 0 Å². The van der Waals surface area contributed by atoms with E-state index in [-0.39, 0.29) is 41.7 Å². The smallest absolute Gasteiger partial charge is 0.545 e. The molecule has 3 aromatic rings. The first-order chi connectivity index (χ1) is 12.7. The third-order valence-corrected chi connectivity index (χ3v) is 5.05. The van der Waals surface area contributed by atoms with Gasteiger partial charge in [0.05, 0.1) is 5.97 Å². The molecule has 1 atom stereocenters. The zero-order valence-electron chi connectivity index (χ0n) is 15.4. The number of carboxylic acids is 1. The minimum Gasteiger partial charge on any atom is -0.545 e. The summed E-state index contributed by atoms with van der Waals surface area (Å²) in [6.07, 6.45) is 2.26. The summed E-state index contributed by atoms with van der Waals surface area (Å²) in [5, 5.41) is 11.2. The molecular formula is C23H19NaO3. The molecule has 0 fully saturated rings. The first-order valence-corrected chi connectivity index (χ1v) is 8.82. The van der Waals surface area contributed by atoms with Gasteiger partial charge in [-0.1, -0.05) is 60.7 Å². The summed E-state index contributed by atoms with van der Waals surface area (Å²) in [6.45, 7) is 0.204. The molecule has 0 aromatic heterocycles. The molecule has 0 saturated heterocycles. The Hall–Kier alpha value is -2.07. The van der Waals surface area contributed by atoms with Gasteiger partial charge in [-0.15, -0.1) is 0 Å². The first kappa shape index (κ1) is 19.7. The molecule has 0 saturated carbocycles. The Bertz CT molecular complexity index is 934. The van der Waals surface area contributed by atoms with Crippen LogP contribution in [0.25, 0.3) is 0 Å². The van der Waals surface area contributed by atoms with Gasteiger partial charge in [-0.3, -0.25) is 0 Å².